The van der Waals surface area contributed by atoms with E-state index in [9.17, 15) is 4.79 Å². The van der Waals surface area contributed by atoms with Crippen LogP contribution >= 0.6 is 0 Å². The van der Waals surface area contributed by atoms with Gasteiger partial charge in [-0.05, 0) is 61.4 Å². The van der Waals surface area contributed by atoms with Crippen molar-refractivity contribution in [2.24, 2.45) is 0 Å². The Morgan fingerprint density at radius 3 is 2.00 bits per heavy atom. The van der Waals surface area contributed by atoms with Crippen LogP contribution in [0.25, 0.3) is 6.08 Å². The first-order valence-electron chi connectivity index (χ1n) is 12.3. The first-order chi connectivity index (χ1) is 17.5. The molecule has 1 N–H and O–H groups in total. The molecule has 1 heterocycles. The number of nitrogens with zero attached hydrogens (tertiary/aromatic N) is 1. The summed E-state index contributed by atoms with van der Waals surface area (Å²) in [5.41, 5.74) is 3.98. The number of carbonyl (C=O) groups is 1. The van der Waals surface area contributed by atoms with E-state index in [1.807, 2.05) is 35.2 Å². The molecule has 194 valence electrons. The Hall–Kier alpha value is -3.55. The van der Waals surface area contributed by atoms with Crippen LogP contribution in [0.15, 0.2) is 29.8 Å². The van der Waals surface area contributed by atoms with Gasteiger partial charge in [-0.1, -0.05) is 0 Å². The first-order valence-corrected chi connectivity index (χ1v) is 12.3. The average Bonchev–Trinajstić information content (AvgIpc) is 3.13. The van der Waals surface area contributed by atoms with E-state index in [-0.39, 0.29) is 11.9 Å². The van der Waals surface area contributed by atoms with E-state index in [0.29, 0.717) is 36.1 Å². The van der Waals surface area contributed by atoms with E-state index in [4.69, 9.17) is 23.7 Å². The zero-order valence-electron chi connectivity index (χ0n) is 21.8. The number of carbonyl (C=O) groups excluding carboxylic acids is 1. The summed E-state index contributed by atoms with van der Waals surface area (Å²) >= 11 is 0. The van der Waals surface area contributed by atoms with Gasteiger partial charge in [-0.2, -0.15) is 0 Å². The fourth-order valence-electron chi connectivity index (χ4n) is 5.02. The maximum atomic E-state index is 13.4. The summed E-state index contributed by atoms with van der Waals surface area (Å²) in [6.45, 7) is 1.41. The number of fused-ring (bicyclic) bond motifs is 1. The summed E-state index contributed by atoms with van der Waals surface area (Å²) in [7, 11) is 8.09. The van der Waals surface area contributed by atoms with Crippen LogP contribution in [0.1, 0.15) is 36.8 Å². The second kappa shape index (κ2) is 11.5. The highest BCUT2D eigenvalue weighted by Gasteiger charge is 2.26. The molecule has 0 aromatic heterocycles. The third kappa shape index (κ3) is 5.32. The Kier molecular flexibility index (Phi) is 8.13. The minimum atomic E-state index is 0.129. The van der Waals surface area contributed by atoms with Gasteiger partial charge >= 0.3 is 0 Å². The smallest absolute Gasteiger partial charge is 0.249 e. The van der Waals surface area contributed by atoms with Crippen molar-refractivity contribution in [1.82, 2.24) is 4.90 Å². The van der Waals surface area contributed by atoms with Gasteiger partial charge in [-0.15, -0.1) is 0 Å². The highest BCUT2D eigenvalue weighted by atomic mass is 16.5. The van der Waals surface area contributed by atoms with Crippen LogP contribution in [0.5, 0.6) is 28.7 Å². The van der Waals surface area contributed by atoms with Gasteiger partial charge in [-0.3, -0.25) is 4.79 Å². The lowest BCUT2D eigenvalue weighted by atomic mass is 10.0. The summed E-state index contributed by atoms with van der Waals surface area (Å²) < 4.78 is 27.3. The number of hydrogen-bond donors (Lipinski definition) is 1. The van der Waals surface area contributed by atoms with E-state index >= 15 is 0 Å². The second-order valence-electron chi connectivity index (χ2n) is 9.05. The molecule has 0 spiro atoms. The summed E-state index contributed by atoms with van der Waals surface area (Å²) in [5.74, 6) is 3.33. The zero-order chi connectivity index (χ0) is 25.7. The molecule has 2 aliphatic rings. The molecule has 0 bridgehead atoms. The molecule has 1 fully saturated rings. The molecule has 2 aromatic carbocycles. The zero-order valence-corrected chi connectivity index (χ0v) is 21.8. The molecule has 1 aliphatic carbocycles. The van der Waals surface area contributed by atoms with Crippen molar-refractivity contribution >= 4 is 17.7 Å². The largest absolute Gasteiger partial charge is 0.493 e. The number of aryl methyl sites for hydroxylation is 1. The fraction of sp³-hybridized carbons (Fsp3) is 0.464. The fourth-order valence-corrected chi connectivity index (χ4v) is 5.02. The average molecular weight is 497 g/mol. The second-order valence-corrected chi connectivity index (χ2v) is 9.05. The first kappa shape index (κ1) is 25.5. The van der Waals surface area contributed by atoms with Gasteiger partial charge in [0, 0.05) is 42.5 Å². The Bertz CT molecular complexity index is 1100. The van der Waals surface area contributed by atoms with Crippen LogP contribution in [0.4, 0.5) is 5.69 Å². The van der Waals surface area contributed by atoms with Gasteiger partial charge in [0.25, 0.3) is 0 Å². The van der Waals surface area contributed by atoms with Crippen molar-refractivity contribution in [3.05, 3.63) is 41.0 Å². The van der Waals surface area contributed by atoms with Gasteiger partial charge in [0.1, 0.15) is 0 Å². The van der Waals surface area contributed by atoms with Crippen molar-refractivity contribution in [3.8, 4) is 28.7 Å². The lowest BCUT2D eigenvalue weighted by molar-refractivity contribution is -0.128. The number of likely N-dealkylation sites (tertiary alicyclic amines) is 1. The molecule has 4 rings (SSSR count). The van der Waals surface area contributed by atoms with Crippen LogP contribution in [0.3, 0.4) is 0 Å². The minimum Gasteiger partial charge on any atom is -0.493 e. The third-order valence-electron chi connectivity index (χ3n) is 6.96. The topological polar surface area (TPSA) is 78.5 Å². The molecular formula is C28H36N2O6. The van der Waals surface area contributed by atoms with Crippen LogP contribution in [-0.4, -0.2) is 65.5 Å². The molecule has 1 amide bonds. The summed E-state index contributed by atoms with van der Waals surface area (Å²) in [5, 5.41) is 3.57. The maximum Gasteiger partial charge on any atom is 0.249 e. The SMILES string of the molecule is COc1cc2c(cc1OC)CCCC(C(=O)N1CCC(Nc3cc(OC)c(OC)c(OC)c3)CC1)=C2. The van der Waals surface area contributed by atoms with Crippen molar-refractivity contribution in [2.45, 2.75) is 38.1 Å². The van der Waals surface area contributed by atoms with Gasteiger partial charge in [-0.25, -0.2) is 0 Å². The molecule has 1 saturated heterocycles. The molecule has 0 saturated carbocycles. The highest BCUT2D eigenvalue weighted by Crippen LogP contribution is 2.40. The standard InChI is InChI=1S/C28H36N2O6/c1-32-23-14-18-7-6-8-19(13-20(18)15-24(23)33-2)28(31)30-11-9-21(10-12-30)29-22-16-25(34-3)27(36-5)26(17-22)35-4/h13-17,21,29H,6-12H2,1-5H3. The summed E-state index contributed by atoms with van der Waals surface area (Å²) in [6.07, 6.45) is 6.35. The number of hydrogen-bond acceptors (Lipinski definition) is 7. The molecular weight excluding hydrogens is 460 g/mol. The van der Waals surface area contributed by atoms with E-state index < -0.39 is 0 Å². The Labute approximate surface area is 213 Å². The molecule has 36 heavy (non-hydrogen) atoms. The highest BCUT2D eigenvalue weighted by molar-refractivity contribution is 5.98. The third-order valence-corrected chi connectivity index (χ3v) is 6.96. The van der Waals surface area contributed by atoms with Crippen molar-refractivity contribution < 1.29 is 28.5 Å². The van der Waals surface area contributed by atoms with Crippen LogP contribution in [0.2, 0.25) is 0 Å². The quantitative estimate of drug-likeness (QED) is 0.574. The number of nitrogens with one attached hydrogen (secondary N) is 1. The lowest BCUT2D eigenvalue weighted by Gasteiger charge is -2.33. The maximum absolute atomic E-state index is 13.4. The van der Waals surface area contributed by atoms with Crippen molar-refractivity contribution in [1.29, 1.82) is 0 Å². The lowest BCUT2D eigenvalue weighted by Crippen LogP contribution is -2.43. The number of rotatable bonds is 8. The summed E-state index contributed by atoms with van der Waals surface area (Å²) in [6, 6.07) is 8.07. The van der Waals surface area contributed by atoms with Crippen molar-refractivity contribution in [3.63, 3.8) is 0 Å². The molecule has 0 atom stereocenters. The monoisotopic (exact) mass is 496 g/mol. The molecule has 0 unspecified atom stereocenters. The number of piperidine rings is 1. The van der Waals surface area contributed by atoms with Gasteiger partial charge in [0.05, 0.1) is 35.5 Å². The minimum absolute atomic E-state index is 0.129. The van der Waals surface area contributed by atoms with Crippen LogP contribution in [0, 0.1) is 0 Å². The number of benzene rings is 2. The van der Waals surface area contributed by atoms with E-state index in [1.165, 1.54) is 5.56 Å². The van der Waals surface area contributed by atoms with Crippen LogP contribution < -0.4 is 29.0 Å². The Morgan fingerprint density at radius 2 is 1.42 bits per heavy atom. The molecule has 8 heteroatoms. The number of amides is 1. The normalized spacial score (nSPS) is 15.8. The van der Waals surface area contributed by atoms with Crippen molar-refractivity contribution in [2.75, 3.05) is 54.0 Å². The van der Waals surface area contributed by atoms with Gasteiger partial charge in [0.2, 0.25) is 11.7 Å². The number of anilines is 1. The van der Waals surface area contributed by atoms with E-state index in [2.05, 4.69) is 5.32 Å². The summed E-state index contributed by atoms with van der Waals surface area (Å²) in [4.78, 5) is 15.4. The van der Waals surface area contributed by atoms with Gasteiger partial charge < -0.3 is 33.9 Å². The molecule has 1 aliphatic heterocycles. The number of ether oxygens (including phenoxy) is 5. The van der Waals surface area contributed by atoms with E-state index in [1.54, 1.807) is 35.5 Å². The predicted octanol–water partition coefficient (Wildman–Crippen LogP) is 4.55. The molecule has 8 nitrogen and oxygen atoms in total. The molecule has 0 radical (unpaired) electrons. The Balaban J connectivity index is 1.43. The Morgan fingerprint density at radius 1 is 0.806 bits per heavy atom. The number of methoxy groups -OCH3 is 5. The van der Waals surface area contributed by atoms with E-state index in [0.717, 1.165) is 54.7 Å². The van der Waals surface area contributed by atoms with Crippen LogP contribution in [-0.2, 0) is 11.2 Å². The predicted molar refractivity (Wildman–Crippen MR) is 140 cm³/mol. The molecule has 2 aromatic rings. The van der Waals surface area contributed by atoms with Gasteiger partial charge in [0.15, 0.2) is 23.0 Å².